The lowest BCUT2D eigenvalue weighted by Gasteiger charge is -2.33. The van der Waals surface area contributed by atoms with Gasteiger partial charge in [-0.25, -0.2) is 13.8 Å². The zero-order valence-electron chi connectivity index (χ0n) is 20.0. The van der Waals surface area contributed by atoms with Crippen molar-refractivity contribution in [3.8, 4) is 11.3 Å². The number of rotatable bonds is 4. The highest BCUT2D eigenvalue weighted by Crippen LogP contribution is 2.28. The molecule has 0 spiro atoms. The SMILES string of the molecule is CC(C)(C)Cn1ncc(-c2c(F)cc(C(=O)N3CCN(c4nc5nc(Cl)ccc5o4)CC3)cc2F)n1. The molecule has 188 valence electrons. The molecule has 1 aliphatic rings. The second-order valence-corrected chi connectivity index (χ2v) is 10.3. The number of oxazole rings is 1. The van der Waals surface area contributed by atoms with Crippen LogP contribution in [0.15, 0.2) is 34.9 Å². The molecule has 1 aromatic carbocycles. The van der Waals surface area contributed by atoms with E-state index in [0.717, 1.165) is 12.1 Å². The first kappa shape index (κ1) is 24.1. The summed E-state index contributed by atoms with van der Waals surface area (Å²) in [5, 5.41) is 8.64. The largest absolute Gasteiger partial charge is 0.422 e. The molecule has 12 heteroatoms. The number of nitrogens with zero attached hydrogens (tertiary/aromatic N) is 7. The zero-order valence-corrected chi connectivity index (χ0v) is 20.8. The van der Waals surface area contributed by atoms with Crippen LogP contribution in [0.1, 0.15) is 31.1 Å². The molecule has 1 fully saturated rings. The van der Waals surface area contributed by atoms with Crippen LogP contribution in [0.25, 0.3) is 22.5 Å². The van der Waals surface area contributed by atoms with Crippen molar-refractivity contribution in [1.82, 2.24) is 29.9 Å². The van der Waals surface area contributed by atoms with Crippen LogP contribution < -0.4 is 4.90 Å². The maximum atomic E-state index is 15.0. The summed E-state index contributed by atoms with van der Waals surface area (Å²) in [6.07, 6.45) is 1.32. The molecular weight excluding hydrogens is 492 g/mol. The molecule has 1 amide bonds. The number of aromatic nitrogens is 5. The minimum Gasteiger partial charge on any atom is -0.422 e. The number of fused-ring (bicyclic) bond motifs is 1. The predicted molar refractivity (Wildman–Crippen MR) is 130 cm³/mol. The highest BCUT2D eigenvalue weighted by atomic mass is 35.5. The van der Waals surface area contributed by atoms with Gasteiger partial charge in [-0.3, -0.25) is 4.79 Å². The summed E-state index contributed by atoms with van der Waals surface area (Å²) in [7, 11) is 0. The van der Waals surface area contributed by atoms with E-state index in [9.17, 15) is 13.6 Å². The number of benzene rings is 1. The molecule has 1 saturated heterocycles. The minimum atomic E-state index is -0.863. The van der Waals surface area contributed by atoms with Crippen LogP contribution in [0, 0.1) is 17.0 Å². The summed E-state index contributed by atoms with van der Waals surface area (Å²) in [5.74, 6) is -2.18. The summed E-state index contributed by atoms with van der Waals surface area (Å²) < 4.78 is 35.6. The Bertz CT molecular complexity index is 1420. The molecule has 4 aromatic rings. The molecule has 0 N–H and O–H groups in total. The lowest BCUT2D eigenvalue weighted by atomic mass is 9.97. The highest BCUT2D eigenvalue weighted by Gasteiger charge is 2.27. The maximum Gasteiger partial charge on any atom is 0.300 e. The Morgan fingerprint density at radius 1 is 1.08 bits per heavy atom. The Balaban J connectivity index is 1.28. The number of hydrogen-bond acceptors (Lipinski definition) is 7. The number of halogens is 3. The Kier molecular flexibility index (Phi) is 6.11. The molecule has 3 aromatic heterocycles. The van der Waals surface area contributed by atoms with Crippen molar-refractivity contribution in [2.75, 3.05) is 31.1 Å². The van der Waals surface area contributed by atoms with E-state index >= 15 is 0 Å². The normalized spacial score (nSPS) is 14.6. The molecule has 0 aliphatic carbocycles. The van der Waals surface area contributed by atoms with Crippen LogP contribution in [-0.2, 0) is 6.54 Å². The lowest BCUT2D eigenvalue weighted by molar-refractivity contribution is 0.0744. The molecule has 0 unspecified atom stereocenters. The molecule has 0 saturated carbocycles. The van der Waals surface area contributed by atoms with E-state index in [-0.39, 0.29) is 22.2 Å². The number of amides is 1. The van der Waals surface area contributed by atoms with Gasteiger partial charge in [0.05, 0.1) is 18.3 Å². The number of carbonyl (C=O) groups is 1. The van der Waals surface area contributed by atoms with E-state index in [1.165, 1.54) is 11.0 Å². The fourth-order valence-corrected chi connectivity index (χ4v) is 4.20. The topological polar surface area (TPSA) is 93.2 Å². The van der Waals surface area contributed by atoms with E-state index < -0.39 is 17.5 Å². The fraction of sp³-hybridized carbons (Fsp3) is 0.375. The van der Waals surface area contributed by atoms with Crippen molar-refractivity contribution >= 4 is 34.8 Å². The summed E-state index contributed by atoms with van der Waals surface area (Å²) in [5.41, 5.74) is 0.527. The number of anilines is 1. The van der Waals surface area contributed by atoms with Crippen LogP contribution in [0.4, 0.5) is 14.8 Å². The molecule has 4 heterocycles. The number of hydrogen-bond donors (Lipinski definition) is 0. The third-order valence-corrected chi connectivity index (χ3v) is 5.95. The van der Waals surface area contributed by atoms with Gasteiger partial charge in [0.25, 0.3) is 11.9 Å². The van der Waals surface area contributed by atoms with Crippen molar-refractivity contribution in [2.24, 2.45) is 5.41 Å². The van der Waals surface area contributed by atoms with Crippen LogP contribution in [0.2, 0.25) is 5.15 Å². The summed E-state index contributed by atoms with van der Waals surface area (Å²) in [4.78, 5) is 26.3. The van der Waals surface area contributed by atoms with E-state index in [4.69, 9.17) is 16.0 Å². The third-order valence-electron chi connectivity index (χ3n) is 5.74. The van der Waals surface area contributed by atoms with Gasteiger partial charge in [0.15, 0.2) is 5.58 Å². The molecule has 9 nitrogen and oxygen atoms in total. The van der Waals surface area contributed by atoms with Gasteiger partial charge in [-0.05, 0) is 29.7 Å². The number of pyridine rings is 1. The second-order valence-electron chi connectivity index (χ2n) is 9.87. The van der Waals surface area contributed by atoms with Gasteiger partial charge in [-0.1, -0.05) is 32.4 Å². The van der Waals surface area contributed by atoms with Crippen molar-refractivity contribution in [3.63, 3.8) is 0 Å². The van der Waals surface area contributed by atoms with Crippen LogP contribution in [0.5, 0.6) is 0 Å². The Morgan fingerprint density at radius 3 is 2.44 bits per heavy atom. The van der Waals surface area contributed by atoms with Crippen molar-refractivity contribution in [1.29, 1.82) is 0 Å². The van der Waals surface area contributed by atoms with Gasteiger partial charge in [0.2, 0.25) is 5.65 Å². The average molecular weight is 516 g/mol. The molecule has 0 bridgehead atoms. The smallest absolute Gasteiger partial charge is 0.300 e. The van der Waals surface area contributed by atoms with Gasteiger partial charge in [0.1, 0.15) is 22.5 Å². The van der Waals surface area contributed by atoms with E-state index in [1.807, 2.05) is 25.7 Å². The molecular formula is C24H24ClF2N7O2. The predicted octanol–water partition coefficient (Wildman–Crippen LogP) is 4.42. The second kappa shape index (κ2) is 9.12. The maximum absolute atomic E-state index is 15.0. The molecule has 0 radical (unpaired) electrons. The van der Waals surface area contributed by atoms with Crippen LogP contribution in [0.3, 0.4) is 0 Å². The van der Waals surface area contributed by atoms with E-state index in [0.29, 0.717) is 55.1 Å². The molecule has 36 heavy (non-hydrogen) atoms. The molecule has 1 aliphatic heterocycles. The first-order valence-corrected chi connectivity index (χ1v) is 11.8. The van der Waals surface area contributed by atoms with Gasteiger partial charge < -0.3 is 14.2 Å². The molecule has 0 atom stereocenters. The quantitative estimate of drug-likeness (QED) is 0.371. The van der Waals surface area contributed by atoms with Gasteiger partial charge in [-0.2, -0.15) is 20.0 Å². The molecule has 5 rings (SSSR count). The first-order chi connectivity index (χ1) is 17.1. The lowest BCUT2D eigenvalue weighted by Crippen LogP contribution is -2.49. The number of piperazine rings is 1. The Hall–Kier alpha value is -3.60. The third kappa shape index (κ3) is 4.88. The van der Waals surface area contributed by atoms with E-state index in [1.54, 1.807) is 17.0 Å². The van der Waals surface area contributed by atoms with Crippen molar-refractivity contribution in [3.05, 3.63) is 52.8 Å². The van der Waals surface area contributed by atoms with Crippen molar-refractivity contribution < 1.29 is 18.0 Å². The minimum absolute atomic E-state index is 0.0648. The summed E-state index contributed by atoms with van der Waals surface area (Å²) in [6, 6.07) is 5.79. The highest BCUT2D eigenvalue weighted by molar-refractivity contribution is 6.29. The van der Waals surface area contributed by atoms with E-state index in [2.05, 4.69) is 20.2 Å². The monoisotopic (exact) mass is 515 g/mol. The van der Waals surface area contributed by atoms with Gasteiger partial charge in [-0.15, -0.1) is 0 Å². The fourth-order valence-electron chi connectivity index (χ4n) is 4.06. The van der Waals surface area contributed by atoms with Gasteiger partial charge >= 0.3 is 0 Å². The number of carbonyl (C=O) groups excluding carboxylic acids is 1. The zero-order chi connectivity index (χ0) is 25.6. The standard InChI is InChI=1S/C24H24ClF2N7O2/c1-24(2,3)13-34-28-12-17(31-34)20-15(26)10-14(11-16(20)27)22(35)32-6-8-33(9-7-32)23-30-21-18(36-23)4-5-19(25)29-21/h4-5,10-12H,6-9,13H2,1-3H3. The Morgan fingerprint density at radius 2 is 1.78 bits per heavy atom. The first-order valence-electron chi connectivity index (χ1n) is 11.4. The van der Waals surface area contributed by atoms with Gasteiger partial charge in [0, 0.05) is 31.7 Å². The summed E-state index contributed by atoms with van der Waals surface area (Å²) in [6.45, 7) is 8.06. The van der Waals surface area contributed by atoms with Crippen molar-refractivity contribution in [2.45, 2.75) is 27.3 Å². The Labute approximate surface area is 210 Å². The van der Waals surface area contributed by atoms with Crippen LogP contribution in [-0.4, -0.2) is 61.9 Å². The van der Waals surface area contributed by atoms with Crippen LogP contribution >= 0.6 is 11.6 Å². The average Bonchev–Trinajstić information content (AvgIpc) is 3.43. The summed E-state index contributed by atoms with van der Waals surface area (Å²) >= 11 is 5.91.